The fourth-order valence-electron chi connectivity index (χ4n) is 3.92. The summed E-state index contributed by atoms with van der Waals surface area (Å²) in [6, 6.07) is 13.4. The van der Waals surface area contributed by atoms with Gasteiger partial charge < -0.3 is 4.90 Å². The molecular formula is C25H32N4O5S2. The summed E-state index contributed by atoms with van der Waals surface area (Å²) < 4.78 is 27.8. The van der Waals surface area contributed by atoms with E-state index in [9.17, 15) is 23.3 Å². The molecule has 1 amide bonds. The molecule has 1 aliphatic rings. The molecule has 0 saturated heterocycles. The summed E-state index contributed by atoms with van der Waals surface area (Å²) in [7, 11) is -0.369. The molecule has 1 N–H and O–H groups in total. The Kier molecular flexibility index (Phi) is 10.0. The second-order valence-corrected chi connectivity index (χ2v) is 11.8. The molecule has 1 fully saturated rings. The number of nitro groups is 1. The normalized spacial score (nSPS) is 15.1. The largest absolute Gasteiger partial charge is 0.309 e. The maximum atomic E-state index is 12.8. The molecule has 11 heteroatoms. The van der Waals surface area contributed by atoms with Gasteiger partial charge in [0.1, 0.15) is 5.69 Å². The first-order valence-corrected chi connectivity index (χ1v) is 14.4. The number of nitro benzene ring substituents is 1. The summed E-state index contributed by atoms with van der Waals surface area (Å²) in [5.74, 6) is -0.371. The van der Waals surface area contributed by atoms with E-state index in [1.54, 1.807) is 11.8 Å². The molecule has 36 heavy (non-hydrogen) atoms. The average Bonchev–Trinajstić information content (AvgIpc) is 2.86. The number of hydrogen-bond acceptors (Lipinski definition) is 8. The Morgan fingerprint density at radius 1 is 1.14 bits per heavy atom. The van der Waals surface area contributed by atoms with Crippen LogP contribution in [0.4, 0.5) is 11.4 Å². The van der Waals surface area contributed by atoms with E-state index in [1.165, 1.54) is 12.1 Å². The average molecular weight is 533 g/mol. The minimum absolute atomic E-state index is 0.0833. The Bertz CT molecular complexity index is 1190. The summed E-state index contributed by atoms with van der Waals surface area (Å²) in [4.78, 5) is 31.0. The van der Waals surface area contributed by atoms with Crippen LogP contribution in [0.3, 0.4) is 0 Å². The van der Waals surface area contributed by atoms with Gasteiger partial charge in [-0.3, -0.25) is 14.9 Å². The highest BCUT2D eigenvalue weighted by Crippen LogP contribution is 2.32. The zero-order valence-corrected chi connectivity index (χ0v) is 22.2. The van der Waals surface area contributed by atoms with Crippen molar-refractivity contribution in [3.63, 3.8) is 0 Å². The van der Waals surface area contributed by atoms with Gasteiger partial charge in [0.15, 0.2) is 0 Å². The lowest BCUT2D eigenvalue weighted by Gasteiger charge is -2.20. The molecule has 1 saturated carbocycles. The number of carbonyl (C=O) groups is 1. The first-order valence-electron chi connectivity index (χ1n) is 11.9. The number of sulfonamides is 1. The fraction of sp³-hybridized carbons (Fsp3) is 0.440. The smallest absolute Gasteiger partial charge is 0.296 e. The third kappa shape index (κ3) is 8.14. The lowest BCUT2D eigenvalue weighted by atomic mass is 9.89. The van der Waals surface area contributed by atoms with Gasteiger partial charge in [-0.1, -0.05) is 37.5 Å². The van der Waals surface area contributed by atoms with Crippen molar-refractivity contribution in [3.05, 3.63) is 58.6 Å². The molecule has 9 nitrogen and oxygen atoms in total. The van der Waals surface area contributed by atoms with E-state index in [0.717, 1.165) is 35.9 Å². The number of thioether (sulfide) groups is 1. The third-order valence-corrected chi connectivity index (χ3v) is 8.37. The number of hydrogen-bond donors (Lipinski definition) is 1. The quantitative estimate of drug-likeness (QED) is 0.191. The van der Waals surface area contributed by atoms with Crippen LogP contribution in [0.1, 0.15) is 38.5 Å². The van der Waals surface area contributed by atoms with Crippen molar-refractivity contribution in [2.24, 2.45) is 10.9 Å². The molecule has 2 aromatic carbocycles. The zero-order chi connectivity index (χ0) is 26.1. The van der Waals surface area contributed by atoms with Crippen LogP contribution in [0.5, 0.6) is 0 Å². The van der Waals surface area contributed by atoms with Gasteiger partial charge in [0.25, 0.3) is 15.7 Å². The van der Waals surface area contributed by atoms with Gasteiger partial charge in [0.2, 0.25) is 5.91 Å². The molecule has 194 valence electrons. The van der Waals surface area contributed by atoms with Crippen molar-refractivity contribution in [2.75, 3.05) is 26.4 Å². The maximum absolute atomic E-state index is 12.8. The Balaban J connectivity index is 1.85. The fourth-order valence-corrected chi connectivity index (χ4v) is 5.87. The SMILES string of the molecule is CN(C)CCC(CSc1ccccc1)=Nc1ccc(S(=O)(=O)NC(=O)C2CCCCC2)cc1[N+](=O)[O-]. The molecule has 0 atom stereocenters. The number of benzene rings is 2. The Labute approximate surface area is 216 Å². The first kappa shape index (κ1) is 27.8. The second-order valence-electron chi connectivity index (χ2n) is 9.05. The van der Waals surface area contributed by atoms with Gasteiger partial charge in [-0.2, -0.15) is 0 Å². The van der Waals surface area contributed by atoms with E-state index in [2.05, 4.69) is 9.71 Å². The highest BCUT2D eigenvalue weighted by molar-refractivity contribution is 8.00. The molecule has 0 heterocycles. The molecule has 0 radical (unpaired) electrons. The molecular weight excluding hydrogens is 500 g/mol. The van der Waals surface area contributed by atoms with E-state index in [4.69, 9.17) is 0 Å². The summed E-state index contributed by atoms with van der Waals surface area (Å²) in [5, 5.41) is 11.8. The van der Waals surface area contributed by atoms with Crippen LogP contribution in [-0.4, -0.2) is 56.3 Å². The minimum atomic E-state index is -4.24. The summed E-state index contributed by atoms with van der Waals surface area (Å²) in [5.41, 5.74) is 0.414. The van der Waals surface area contributed by atoms with Crippen molar-refractivity contribution < 1.29 is 18.1 Å². The van der Waals surface area contributed by atoms with Gasteiger partial charge >= 0.3 is 0 Å². The van der Waals surface area contributed by atoms with Crippen molar-refractivity contribution in [1.82, 2.24) is 9.62 Å². The molecule has 0 bridgehead atoms. The van der Waals surface area contributed by atoms with Crippen LogP contribution in [0.2, 0.25) is 0 Å². The predicted molar refractivity (Wildman–Crippen MR) is 142 cm³/mol. The van der Waals surface area contributed by atoms with Gasteiger partial charge in [-0.15, -0.1) is 11.8 Å². The van der Waals surface area contributed by atoms with Crippen LogP contribution < -0.4 is 4.72 Å². The van der Waals surface area contributed by atoms with Gasteiger partial charge in [-0.25, -0.2) is 18.1 Å². The highest BCUT2D eigenvalue weighted by atomic mass is 32.2. The van der Waals surface area contributed by atoms with E-state index in [1.807, 2.05) is 49.3 Å². The number of nitrogens with one attached hydrogen (secondary N) is 1. The molecule has 0 unspecified atom stereocenters. The molecule has 0 aliphatic heterocycles. The van der Waals surface area contributed by atoms with Gasteiger partial charge in [0, 0.05) is 34.9 Å². The summed E-state index contributed by atoms with van der Waals surface area (Å²) >= 11 is 1.58. The van der Waals surface area contributed by atoms with Gasteiger partial charge in [-0.05, 0) is 57.6 Å². The van der Waals surface area contributed by atoms with Crippen LogP contribution in [0, 0.1) is 16.0 Å². The van der Waals surface area contributed by atoms with Crippen LogP contribution in [-0.2, 0) is 14.8 Å². The van der Waals surface area contributed by atoms with Crippen LogP contribution >= 0.6 is 11.8 Å². The molecule has 3 rings (SSSR count). The molecule has 0 aromatic heterocycles. The third-order valence-electron chi connectivity index (χ3n) is 5.94. The lowest BCUT2D eigenvalue weighted by molar-refractivity contribution is -0.384. The number of amides is 1. The minimum Gasteiger partial charge on any atom is -0.309 e. The second kappa shape index (κ2) is 13.0. The Hall–Kier alpha value is -2.76. The summed E-state index contributed by atoms with van der Waals surface area (Å²) in [6.45, 7) is 0.710. The van der Waals surface area contributed by atoms with Crippen molar-refractivity contribution in [3.8, 4) is 0 Å². The van der Waals surface area contributed by atoms with Gasteiger partial charge in [0.05, 0.1) is 9.82 Å². The van der Waals surface area contributed by atoms with E-state index in [-0.39, 0.29) is 16.5 Å². The number of carbonyl (C=O) groups excluding carboxylic acids is 1. The maximum Gasteiger partial charge on any atom is 0.296 e. The van der Waals surface area contributed by atoms with Crippen LogP contribution in [0.15, 0.2) is 63.3 Å². The van der Waals surface area contributed by atoms with Crippen molar-refractivity contribution in [1.29, 1.82) is 0 Å². The highest BCUT2D eigenvalue weighted by Gasteiger charge is 2.28. The van der Waals surface area contributed by atoms with E-state index in [0.29, 0.717) is 31.6 Å². The Morgan fingerprint density at radius 3 is 2.47 bits per heavy atom. The topological polar surface area (TPSA) is 122 Å². The number of rotatable bonds is 11. The predicted octanol–water partition coefficient (Wildman–Crippen LogP) is 4.80. The lowest BCUT2D eigenvalue weighted by Crippen LogP contribution is -2.36. The Morgan fingerprint density at radius 2 is 1.83 bits per heavy atom. The zero-order valence-electron chi connectivity index (χ0n) is 20.6. The molecule has 1 aliphatic carbocycles. The first-order chi connectivity index (χ1) is 17.2. The van der Waals surface area contributed by atoms with E-state index < -0.39 is 26.5 Å². The number of aliphatic imine (C=N–C) groups is 1. The molecule has 2 aromatic rings. The standard InChI is InChI=1S/C25H32N4O5S2/c1-28(2)16-15-20(18-35-21-11-7-4-8-12-21)26-23-14-13-22(17-24(23)29(31)32)36(33,34)27-25(30)19-9-5-3-6-10-19/h4,7-8,11-14,17,19H,3,5-6,9-10,15-16,18H2,1-2H3,(H,27,30). The van der Waals surface area contributed by atoms with Crippen molar-refractivity contribution >= 4 is 44.8 Å². The monoisotopic (exact) mass is 532 g/mol. The van der Waals surface area contributed by atoms with E-state index >= 15 is 0 Å². The number of nitrogens with zero attached hydrogens (tertiary/aromatic N) is 3. The van der Waals surface area contributed by atoms with Crippen molar-refractivity contribution in [2.45, 2.75) is 48.3 Å². The van der Waals surface area contributed by atoms with Crippen LogP contribution in [0.25, 0.3) is 0 Å². The summed E-state index contributed by atoms with van der Waals surface area (Å²) in [6.07, 6.45) is 4.69. The molecule has 0 spiro atoms.